The highest BCUT2D eigenvalue weighted by atomic mass is 16.4. The first-order valence-corrected chi connectivity index (χ1v) is 11.7. The molecule has 0 saturated heterocycles. The highest BCUT2D eigenvalue weighted by Gasteiger charge is 2.53. The Kier molecular flexibility index (Phi) is 8.42. The summed E-state index contributed by atoms with van der Waals surface area (Å²) in [5.74, 6) is -1.97. The molecule has 0 amide bonds. The monoisotopic (exact) mass is 404 g/mol. The Morgan fingerprint density at radius 2 is 1.45 bits per heavy atom. The molecule has 4 nitrogen and oxygen atoms in total. The van der Waals surface area contributed by atoms with Crippen molar-refractivity contribution >= 4 is 5.97 Å². The zero-order valence-corrected chi connectivity index (χ0v) is 18.6. The van der Waals surface area contributed by atoms with Crippen LogP contribution in [0.2, 0.25) is 0 Å². The molecule has 1 aliphatic rings. The van der Waals surface area contributed by atoms with Crippen LogP contribution >= 0.6 is 0 Å². The predicted molar refractivity (Wildman–Crippen MR) is 118 cm³/mol. The summed E-state index contributed by atoms with van der Waals surface area (Å²) in [5.41, 5.74) is 0.464. The van der Waals surface area contributed by atoms with Crippen molar-refractivity contribution in [1.82, 2.24) is 0 Å². The van der Waals surface area contributed by atoms with Crippen molar-refractivity contribution in [2.75, 3.05) is 0 Å². The van der Waals surface area contributed by atoms with Crippen LogP contribution in [0, 0.1) is 5.41 Å². The Morgan fingerprint density at radius 1 is 0.897 bits per heavy atom. The molecule has 1 unspecified atom stereocenters. The fraction of sp³-hybridized carbons (Fsp3) is 0.720. The van der Waals surface area contributed by atoms with Crippen molar-refractivity contribution in [3.05, 3.63) is 23.3 Å². The zero-order chi connectivity index (χ0) is 21.5. The number of aromatic carboxylic acids is 1. The van der Waals surface area contributed by atoms with Crippen LogP contribution in [0.5, 0.6) is 11.5 Å². The number of aromatic hydroxyl groups is 2. The van der Waals surface area contributed by atoms with E-state index >= 15 is 0 Å². The van der Waals surface area contributed by atoms with Crippen LogP contribution in [0.4, 0.5) is 0 Å². The lowest BCUT2D eigenvalue weighted by molar-refractivity contribution is 0.0200. The van der Waals surface area contributed by atoms with Crippen LogP contribution < -0.4 is 0 Å². The standard InChI is InChI=1S/C25H40O4/c1-4-7-14-24(15-8-5-2)16-10-11-18-25(24,17-9-6-3)19-12-13-20(26)22(27)21(19)23(28)29/h12-13,26-27H,4-11,14-18H2,1-3H3,(H,28,29). The predicted octanol–water partition coefficient (Wildman–Crippen LogP) is 7.16. The smallest absolute Gasteiger partial charge is 0.339 e. The van der Waals surface area contributed by atoms with Gasteiger partial charge in [-0.3, -0.25) is 0 Å². The molecule has 1 saturated carbocycles. The van der Waals surface area contributed by atoms with Gasteiger partial charge in [0.05, 0.1) is 0 Å². The van der Waals surface area contributed by atoms with Gasteiger partial charge in [-0.05, 0) is 49.1 Å². The van der Waals surface area contributed by atoms with E-state index in [2.05, 4.69) is 20.8 Å². The molecule has 4 heteroatoms. The van der Waals surface area contributed by atoms with E-state index in [1.165, 1.54) is 12.5 Å². The van der Waals surface area contributed by atoms with Gasteiger partial charge in [-0.1, -0.05) is 78.2 Å². The Morgan fingerprint density at radius 3 is 2.00 bits per heavy atom. The van der Waals surface area contributed by atoms with Gasteiger partial charge in [-0.15, -0.1) is 0 Å². The molecule has 0 radical (unpaired) electrons. The molecule has 1 aromatic carbocycles. The minimum atomic E-state index is -1.14. The summed E-state index contributed by atoms with van der Waals surface area (Å²) in [5, 5.41) is 30.5. The lowest BCUT2D eigenvalue weighted by Gasteiger charge is -2.56. The van der Waals surface area contributed by atoms with Crippen LogP contribution in [0.25, 0.3) is 0 Å². The van der Waals surface area contributed by atoms with Gasteiger partial charge < -0.3 is 15.3 Å². The third kappa shape index (κ3) is 4.57. The number of carbonyl (C=O) groups is 1. The lowest BCUT2D eigenvalue weighted by atomic mass is 9.48. The average molecular weight is 405 g/mol. The Balaban J connectivity index is 2.76. The van der Waals surface area contributed by atoms with Gasteiger partial charge in [0.25, 0.3) is 0 Å². The second-order valence-corrected chi connectivity index (χ2v) is 9.04. The molecule has 0 aliphatic heterocycles. The zero-order valence-electron chi connectivity index (χ0n) is 18.6. The maximum Gasteiger partial charge on any atom is 0.339 e. The van der Waals surface area contributed by atoms with Gasteiger partial charge in [0.2, 0.25) is 0 Å². The van der Waals surface area contributed by atoms with E-state index in [1.54, 1.807) is 6.07 Å². The van der Waals surface area contributed by atoms with Crippen molar-refractivity contribution in [3.8, 4) is 11.5 Å². The van der Waals surface area contributed by atoms with Gasteiger partial charge >= 0.3 is 5.97 Å². The largest absolute Gasteiger partial charge is 0.504 e. The molecule has 29 heavy (non-hydrogen) atoms. The number of phenolic OH excluding ortho intramolecular Hbond substituents is 1. The number of benzene rings is 1. The van der Waals surface area contributed by atoms with Gasteiger partial charge in [-0.2, -0.15) is 0 Å². The topological polar surface area (TPSA) is 77.8 Å². The number of unbranched alkanes of at least 4 members (excludes halogenated alkanes) is 3. The molecule has 0 spiro atoms. The summed E-state index contributed by atoms with van der Waals surface area (Å²) < 4.78 is 0. The summed E-state index contributed by atoms with van der Waals surface area (Å²) in [6, 6.07) is 3.29. The lowest BCUT2D eigenvalue weighted by Crippen LogP contribution is -2.49. The fourth-order valence-electron chi connectivity index (χ4n) is 5.90. The SMILES string of the molecule is CCCCC1(CCCC)CCCCC1(CCCC)c1ccc(O)c(O)c1C(=O)O. The van der Waals surface area contributed by atoms with E-state index in [1.807, 2.05) is 0 Å². The molecular weight excluding hydrogens is 364 g/mol. The van der Waals surface area contributed by atoms with E-state index in [0.29, 0.717) is 0 Å². The molecule has 3 N–H and O–H groups in total. The van der Waals surface area contributed by atoms with Crippen molar-refractivity contribution in [2.45, 2.75) is 110 Å². The van der Waals surface area contributed by atoms with E-state index < -0.39 is 11.7 Å². The average Bonchev–Trinajstić information content (AvgIpc) is 2.71. The Bertz CT molecular complexity index is 674. The number of hydrogen-bond acceptors (Lipinski definition) is 3. The number of phenols is 2. The van der Waals surface area contributed by atoms with Crippen LogP contribution in [0.1, 0.15) is 120 Å². The van der Waals surface area contributed by atoms with Gasteiger partial charge in [0.1, 0.15) is 5.56 Å². The quantitative estimate of drug-likeness (QED) is 0.342. The van der Waals surface area contributed by atoms with Crippen molar-refractivity contribution in [2.24, 2.45) is 5.41 Å². The summed E-state index contributed by atoms with van der Waals surface area (Å²) in [6.45, 7) is 6.63. The van der Waals surface area contributed by atoms with E-state index in [0.717, 1.165) is 82.6 Å². The molecule has 164 valence electrons. The maximum absolute atomic E-state index is 12.2. The number of carboxylic acids is 1. The molecule has 2 rings (SSSR count). The van der Waals surface area contributed by atoms with Gasteiger partial charge in [0, 0.05) is 5.41 Å². The normalized spacial score (nSPS) is 21.2. The second kappa shape index (κ2) is 10.4. The molecule has 1 atom stereocenters. The molecule has 1 aromatic rings. The maximum atomic E-state index is 12.2. The molecular formula is C25H40O4. The van der Waals surface area contributed by atoms with Crippen molar-refractivity contribution in [3.63, 3.8) is 0 Å². The van der Waals surface area contributed by atoms with Crippen LogP contribution in [0.3, 0.4) is 0 Å². The van der Waals surface area contributed by atoms with Crippen molar-refractivity contribution < 1.29 is 20.1 Å². The van der Waals surface area contributed by atoms with E-state index in [9.17, 15) is 20.1 Å². The first-order chi connectivity index (χ1) is 13.9. The van der Waals surface area contributed by atoms with Crippen LogP contribution in [-0.2, 0) is 5.41 Å². The highest BCUT2D eigenvalue weighted by molar-refractivity contribution is 5.94. The Hall–Kier alpha value is -1.71. The minimum absolute atomic E-state index is 0.0556. The fourth-order valence-corrected chi connectivity index (χ4v) is 5.90. The van der Waals surface area contributed by atoms with Gasteiger partial charge in [-0.25, -0.2) is 4.79 Å². The molecule has 0 aromatic heterocycles. The Labute approximate surface area is 176 Å². The summed E-state index contributed by atoms with van der Waals surface area (Å²) in [7, 11) is 0. The second-order valence-electron chi connectivity index (χ2n) is 9.04. The van der Waals surface area contributed by atoms with E-state index in [4.69, 9.17) is 0 Å². The molecule has 0 heterocycles. The third-order valence-electron chi connectivity index (χ3n) is 7.38. The minimum Gasteiger partial charge on any atom is -0.504 e. The summed E-state index contributed by atoms with van der Waals surface area (Å²) in [6.07, 6.45) is 14.2. The summed E-state index contributed by atoms with van der Waals surface area (Å²) in [4.78, 5) is 12.2. The molecule has 1 aliphatic carbocycles. The van der Waals surface area contributed by atoms with Crippen LogP contribution in [0.15, 0.2) is 12.1 Å². The number of hydrogen-bond donors (Lipinski definition) is 3. The first kappa shape index (κ1) is 23.6. The highest BCUT2D eigenvalue weighted by Crippen LogP contribution is 2.61. The third-order valence-corrected chi connectivity index (χ3v) is 7.38. The molecule has 0 bridgehead atoms. The number of carboxylic acid groups (broad SMARTS) is 1. The van der Waals surface area contributed by atoms with Crippen LogP contribution in [-0.4, -0.2) is 21.3 Å². The summed E-state index contributed by atoms with van der Waals surface area (Å²) >= 11 is 0. The van der Waals surface area contributed by atoms with E-state index in [-0.39, 0.29) is 22.1 Å². The molecule has 1 fully saturated rings. The number of rotatable bonds is 11. The first-order valence-electron chi connectivity index (χ1n) is 11.7. The van der Waals surface area contributed by atoms with Crippen molar-refractivity contribution in [1.29, 1.82) is 0 Å². The van der Waals surface area contributed by atoms with Gasteiger partial charge in [0.15, 0.2) is 11.5 Å².